The first-order valence-corrected chi connectivity index (χ1v) is 6.08. The topological polar surface area (TPSA) is 55.8 Å². The van der Waals surface area contributed by atoms with Crippen LogP contribution in [0.25, 0.3) is 0 Å². The van der Waals surface area contributed by atoms with Gasteiger partial charge >= 0.3 is 0 Å². The van der Waals surface area contributed by atoms with E-state index in [-0.39, 0.29) is 24.5 Å². The second-order valence-electron chi connectivity index (χ2n) is 4.58. The number of amides is 2. The molecule has 0 aromatic heterocycles. The summed E-state index contributed by atoms with van der Waals surface area (Å²) in [5, 5.41) is 0. The maximum absolute atomic E-state index is 11.8. The lowest BCUT2D eigenvalue weighted by Gasteiger charge is -2.28. The monoisotopic (exact) mass is 259 g/mol. The molecular weight excluding hydrogens is 246 g/mol. The molecule has 0 spiro atoms. The molecule has 5 nitrogen and oxygen atoms in total. The Balaban J connectivity index is 1.70. The fourth-order valence-electron chi connectivity index (χ4n) is 2.17. The van der Waals surface area contributed by atoms with Crippen molar-refractivity contribution in [3.63, 3.8) is 0 Å². The van der Waals surface area contributed by atoms with Gasteiger partial charge in [0.2, 0.25) is 0 Å². The van der Waals surface area contributed by atoms with Crippen LogP contribution in [0, 0.1) is 0 Å². The minimum absolute atomic E-state index is 0.208. The number of fused-ring (bicyclic) bond motifs is 1. The van der Waals surface area contributed by atoms with E-state index in [1.807, 2.05) is 18.2 Å². The van der Waals surface area contributed by atoms with Crippen LogP contribution in [-0.4, -0.2) is 36.0 Å². The number of carbonyl (C=O) groups is 2. The van der Waals surface area contributed by atoms with Gasteiger partial charge in [-0.15, -0.1) is 0 Å². The van der Waals surface area contributed by atoms with Crippen LogP contribution in [-0.2, 0) is 9.59 Å². The molecule has 0 saturated carbocycles. The molecule has 19 heavy (non-hydrogen) atoms. The number of ether oxygens (including phenoxy) is 2. The molecule has 0 N–H and O–H groups in total. The minimum atomic E-state index is -0.331. The highest BCUT2D eigenvalue weighted by Gasteiger charge is 2.32. The number of hydrogen-bond acceptors (Lipinski definition) is 4. The van der Waals surface area contributed by atoms with Crippen molar-refractivity contribution >= 4 is 11.8 Å². The molecule has 1 atom stereocenters. The zero-order chi connectivity index (χ0) is 13.4. The van der Waals surface area contributed by atoms with Gasteiger partial charge in [-0.05, 0) is 19.1 Å². The number of imide groups is 1. The van der Waals surface area contributed by atoms with Crippen LogP contribution in [0.5, 0.6) is 11.5 Å². The van der Waals surface area contributed by atoms with Crippen LogP contribution in [0.3, 0.4) is 0 Å². The van der Waals surface area contributed by atoms with Crippen molar-refractivity contribution in [2.24, 2.45) is 0 Å². The first-order valence-electron chi connectivity index (χ1n) is 6.08. The quantitative estimate of drug-likeness (QED) is 0.747. The van der Waals surface area contributed by atoms with Crippen molar-refractivity contribution in [1.29, 1.82) is 0 Å². The van der Waals surface area contributed by atoms with Crippen molar-refractivity contribution in [2.45, 2.75) is 13.0 Å². The Kier molecular flexibility index (Phi) is 2.74. The number of nitrogens with zero attached hydrogens (tertiary/aromatic N) is 1. The molecule has 2 aliphatic heterocycles. The first kappa shape index (κ1) is 11.8. The molecular formula is C14H13NO4. The molecule has 1 aromatic carbocycles. The van der Waals surface area contributed by atoms with Gasteiger partial charge in [-0.1, -0.05) is 12.1 Å². The summed E-state index contributed by atoms with van der Waals surface area (Å²) in [7, 11) is 0. The van der Waals surface area contributed by atoms with Gasteiger partial charge in [-0.2, -0.15) is 0 Å². The van der Waals surface area contributed by atoms with E-state index in [4.69, 9.17) is 9.47 Å². The van der Waals surface area contributed by atoms with Crippen molar-refractivity contribution < 1.29 is 19.1 Å². The molecule has 0 fully saturated rings. The third kappa shape index (κ3) is 2.07. The van der Waals surface area contributed by atoms with E-state index in [0.29, 0.717) is 23.7 Å². The van der Waals surface area contributed by atoms with Crippen LogP contribution in [0.4, 0.5) is 0 Å². The highest BCUT2D eigenvalue weighted by molar-refractivity contribution is 6.15. The highest BCUT2D eigenvalue weighted by atomic mass is 16.6. The molecule has 1 unspecified atom stereocenters. The predicted octanol–water partition coefficient (Wildman–Crippen LogP) is 1.14. The second-order valence-corrected chi connectivity index (χ2v) is 4.58. The standard InChI is InChI=1S/C14H13NO4/c1-9-6-13(16)15(14(9)17)7-10-8-18-11-4-2-3-5-12(11)19-10/h2-6,10H,7-8H2,1H3. The van der Waals surface area contributed by atoms with E-state index in [1.54, 1.807) is 13.0 Å². The summed E-state index contributed by atoms with van der Waals surface area (Å²) >= 11 is 0. The van der Waals surface area contributed by atoms with Gasteiger partial charge in [0.15, 0.2) is 17.6 Å². The van der Waals surface area contributed by atoms with Gasteiger partial charge < -0.3 is 9.47 Å². The van der Waals surface area contributed by atoms with E-state index >= 15 is 0 Å². The van der Waals surface area contributed by atoms with Gasteiger partial charge in [-0.25, -0.2) is 0 Å². The average Bonchev–Trinajstić information content (AvgIpc) is 2.65. The van der Waals surface area contributed by atoms with Crippen LogP contribution < -0.4 is 9.47 Å². The number of carbonyl (C=O) groups excluding carboxylic acids is 2. The number of hydrogen-bond donors (Lipinski definition) is 0. The summed E-state index contributed by atoms with van der Waals surface area (Å²) in [5.41, 5.74) is 0.460. The predicted molar refractivity (Wildman–Crippen MR) is 66.8 cm³/mol. The number of benzene rings is 1. The van der Waals surface area contributed by atoms with Crippen molar-refractivity contribution in [1.82, 2.24) is 4.90 Å². The molecule has 2 aliphatic rings. The SMILES string of the molecule is CC1=CC(=O)N(CC2COc3ccccc3O2)C1=O. The lowest BCUT2D eigenvalue weighted by Crippen LogP contribution is -2.43. The fraction of sp³-hybridized carbons (Fsp3) is 0.286. The molecule has 3 rings (SSSR count). The summed E-state index contributed by atoms with van der Waals surface area (Å²) in [6, 6.07) is 7.34. The van der Waals surface area contributed by atoms with E-state index in [0.717, 1.165) is 0 Å². The Labute approximate surface area is 110 Å². The Morgan fingerprint density at radius 3 is 2.68 bits per heavy atom. The maximum atomic E-state index is 11.8. The van der Waals surface area contributed by atoms with Gasteiger partial charge in [0.05, 0.1) is 6.54 Å². The molecule has 98 valence electrons. The fourth-order valence-corrected chi connectivity index (χ4v) is 2.17. The molecule has 5 heteroatoms. The Hall–Kier alpha value is -2.30. The highest BCUT2D eigenvalue weighted by Crippen LogP contribution is 2.31. The lowest BCUT2D eigenvalue weighted by molar-refractivity contribution is -0.138. The first-order chi connectivity index (χ1) is 9.15. The molecule has 1 aromatic rings. The summed E-state index contributed by atoms with van der Waals surface area (Å²) in [5.74, 6) is 0.784. The van der Waals surface area contributed by atoms with E-state index < -0.39 is 0 Å². The van der Waals surface area contributed by atoms with E-state index in [9.17, 15) is 9.59 Å². The van der Waals surface area contributed by atoms with Gasteiger partial charge in [0.25, 0.3) is 11.8 Å². The van der Waals surface area contributed by atoms with Gasteiger partial charge in [0.1, 0.15) is 6.61 Å². The van der Waals surface area contributed by atoms with E-state index in [2.05, 4.69) is 0 Å². The summed E-state index contributed by atoms with van der Waals surface area (Å²) in [6.45, 7) is 2.17. The number of para-hydroxylation sites is 2. The van der Waals surface area contributed by atoms with Crippen molar-refractivity contribution in [2.75, 3.05) is 13.2 Å². The Morgan fingerprint density at radius 2 is 2.00 bits per heavy atom. The normalized spacial score (nSPS) is 21.6. The lowest BCUT2D eigenvalue weighted by atomic mass is 10.2. The second kappa shape index (κ2) is 4.42. The van der Waals surface area contributed by atoms with E-state index in [1.165, 1.54) is 11.0 Å². The van der Waals surface area contributed by atoms with Crippen LogP contribution in [0.1, 0.15) is 6.92 Å². The average molecular weight is 259 g/mol. The Morgan fingerprint density at radius 1 is 1.26 bits per heavy atom. The molecule has 0 saturated heterocycles. The minimum Gasteiger partial charge on any atom is -0.486 e. The number of rotatable bonds is 2. The maximum Gasteiger partial charge on any atom is 0.256 e. The summed E-state index contributed by atoms with van der Waals surface area (Å²) in [4.78, 5) is 24.6. The molecule has 0 bridgehead atoms. The van der Waals surface area contributed by atoms with Gasteiger partial charge in [0, 0.05) is 11.6 Å². The van der Waals surface area contributed by atoms with Gasteiger partial charge in [-0.3, -0.25) is 14.5 Å². The summed E-state index contributed by atoms with van der Waals surface area (Å²) < 4.78 is 11.3. The van der Waals surface area contributed by atoms with Crippen molar-refractivity contribution in [3.05, 3.63) is 35.9 Å². The zero-order valence-electron chi connectivity index (χ0n) is 10.5. The molecule has 2 amide bonds. The smallest absolute Gasteiger partial charge is 0.256 e. The third-order valence-corrected chi connectivity index (χ3v) is 3.14. The summed E-state index contributed by atoms with van der Waals surface area (Å²) in [6.07, 6.45) is 1.02. The third-order valence-electron chi connectivity index (χ3n) is 3.14. The largest absolute Gasteiger partial charge is 0.486 e. The molecule has 0 radical (unpaired) electrons. The van der Waals surface area contributed by atoms with Crippen molar-refractivity contribution in [3.8, 4) is 11.5 Å². The van der Waals surface area contributed by atoms with Crippen LogP contribution >= 0.6 is 0 Å². The Bertz CT molecular complexity index is 579. The van der Waals surface area contributed by atoms with Crippen LogP contribution in [0.15, 0.2) is 35.9 Å². The zero-order valence-corrected chi connectivity index (χ0v) is 10.5. The molecule has 0 aliphatic carbocycles. The molecule has 2 heterocycles. The van der Waals surface area contributed by atoms with Crippen LogP contribution in [0.2, 0.25) is 0 Å².